The van der Waals surface area contributed by atoms with E-state index >= 15 is 0 Å². The second kappa shape index (κ2) is 4.57. The summed E-state index contributed by atoms with van der Waals surface area (Å²) >= 11 is 1.61. The summed E-state index contributed by atoms with van der Waals surface area (Å²) in [6.45, 7) is 1.83. The first kappa shape index (κ1) is 10.4. The van der Waals surface area contributed by atoms with E-state index in [2.05, 4.69) is 10.3 Å². The van der Waals surface area contributed by atoms with Gasteiger partial charge in [-0.15, -0.1) is 11.3 Å². The van der Waals surface area contributed by atoms with Gasteiger partial charge in [0.25, 0.3) is 0 Å². The summed E-state index contributed by atoms with van der Waals surface area (Å²) in [6.07, 6.45) is 7.89. The molecule has 2 rings (SSSR count). The molecule has 1 aliphatic rings. The van der Waals surface area contributed by atoms with Gasteiger partial charge in [0.05, 0.1) is 5.69 Å². The van der Waals surface area contributed by atoms with Gasteiger partial charge < -0.3 is 0 Å². The fourth-order valence-electron chi connectivity index (χ4n) is 1.70. The quantitative estimate of drug-likeness (QED) is 0.781. The molecule has 1 aromatic heterocycles. The Morgan fingerprint density at radius 3 is 3.00 bits per heavy atom. The van der Waals surface area contributed by atoms with Crippen molar-refractivity contribution in [1.29, 1.82) is 0 Å². The van der Waals surface area contributed by atoms with Crippen LogP contribution in [0.3, 0.4) is 0 Å². The molecule has 0 radical (unpaired) electrons. The SMILES string of the molecule is CC=CC(=O)Nc1nc2c(s1)CCCC2. The average Bonchev–Trinajstić information content (AvgIpc) is 2.59. The number of carbonyl (C=O) groups excluding carboxylic acids is 1. The van der Waals surface area contributed by atoms with Crippen LogP contribution in [0.1, 0.15) is 30.3 Å². The number of rotatable bonds is 2. The molecule has 0 fully saturated rings. The number of amides is 1. The standard InChI is InChI=1S/C11H14N2OS/c1-2-5-10(14)13-11-12-8-6-3-4-7-9(8)15-11/h2,5H,3-4,6-7H2,1H3,(H,12,13,14). The van der Waals surface area contributed by atoms with Gasteiger partial charge in [0.15, 0.2) is 5.13 Å². The zero-order valence-corrected chi connectivity index (χ0v) is 9.56. The zero-order valence-electron chi connectivity index (χ0n) is 8.75. The molecule has 1 amide bonds. The molecule has 0 saturated carbocycles. The number of carbonyl (C=O) groups is 1. The highest BCUT2D eigenvalue weighted by molar-refractivity contribution is 7.15. The van der Waals surface area contributed by atoms with Crippen molar-refractivity contribution in [3.63, 3.8) is 0 Å². The van der Waals surface area contributed by atoms with Gasteiger partial charge in [-0.05, 0) is 38.7 Å². The largest absolute Gasteiger partial charge is 0.298 e. The van der Waals surface area contributed by atoms with Gasteiger partial charge in [-0.1, -0.05) is 6.08 Å². The molecule has 0 bridgehead atoms. The molecule has 1 aromatic rings. The third kappa shape index (κ3) is 2.45. The Bertz CT molecular complexity index is 372. The number of allylic oxidation sites excluding steroid dienone is 1. The number of fused-ring (bicyclic) bond motifs is 1. The number of thiazole rings is 1. The van der Waals surface area contributed by atoms with E-state index in [4.69, 9.17) is 0 Å². The third-order valence-electron chi connectivity index (χ3n) is 2.39. The van der Waals surface area contributed by atoms with Crippen molar-refractivity contribution in [3.8, 4) is 0 Å². The van der Waals surface area contributed by atoms with Crippen LogP contribution in [0.4, 0.5) is 5.13 Å². The molecule has 0 spiro atoms. The van der Waals surface area contributed by atoms with E-state index in [1.54, 1.807) is 17.4 Å². The molecule has 0 aromatic carbocycles. The van der Waals surface area contributed by atoms with Gasteiger partial charge >= 0.3 is 0 Å². The van der Waals surface area contributed by atoms with Gasteiger partial charge in [-0.2, -0.15) is 0 Å². The maximum Gasteiger partial charge on any atom is 0.249 e. The first-order valence-electron chi connectivity index (χ1n) is 5.22. The minimum absolute atomic E-state index is 0.0939. The van der Waals surface area contributed by atoms with Crippen LogP contribution in [-0.4, -0.2) is 10.9 Å². The van der Waals surface area contributed by atoms with Gasteiger partial charge in [-0.3, -0.25) is 10.1 Å². The van der Waals surface area contributed by atoms with E-state index in [1.165, 1.54) is 29.5 Å². The van der Waals surface area contributed by atoms with Crippen molar-refractivity contribution in [3.05, 3.63) is 22.7 Å². The molecule has 1 heterocycles. The van der Waals surface area contributed by atoms with E-state index in [0.29, 0.717) is 0 Å². The minimum atomic E-state index is -0.0939. The lowest BCUT2D eigenvalue weighted by Gasteiger charge is -2.06. The van der Waals surface area contributed by atoms with Gasteiger partial charge in [0.1, 0.15) is 0 Å². The van der Waals surface area contributed by atoms with Crippen LogP contribution in [0.5, 0.6) is 0 Å². The maximum atomic E-state index is 11.3. The number of anilines is 1. The van der Waals surface area contributed by atoms with Crippen molar-refractivity contribution in [2.45, 2.75) is 32.6 Å². The van der Waals surface area contributed by atoms with E-state index in [-0.39, 0.29) is 5.91 Å². The number of aryl methyl sites for hydroxylation is 2. The molecule has 4 heteroatoms. The Morgan fingerprint density at radius 2 is 2.27 bits per heavy atom. The predicted molar refractivity (Wildman–Crippen MR) is 62.2 cm³/mol. The lowest BCUT2D eigenvalue weighted by atomic mass is 10.0. The van der Waals surface area contributed by atoms with Crippen LogP contribution in [0.25, 0.3) is 0 Å². The summed E-state index contributed by atoms with van der Waals surface area (Å²) in [5.41, 5.74) is 1.18. The highest BCUT2D eigenvalue weighted by atomic mass is 32.1. The third-order valence-corrected chi connectivity index (χ3v) is 3.47. The smallest absolute Gasteiger partial charge is 0.249 e. The molecule has 0 aliphatic heterocycles. The Hall–Kier alpha value is -1.16. The maximum absolute atomic E-state index is 11.3. The van der Waals surface area contributed by atoms with Gasteiger partial charge in [0.2, 0.25) is 5.91 Å². The van der Waals surface area contributed by atoms with Crippen LogP contribution in [-0.2, 0) is 17.6 Å². The molecular formula is C11H14N2OS. The fourth-order valence-corrected chi connectivity index (χ4v) is 2.76. The summed E-state index contributed by atoms with van der Waals surface area (Å²) in [6, 6.07) is 0. The zero-order chi connectivity index (χ0) is 10.7. The monoisotopic (exact) mass is 222 g/mol. The van der Waals surface area contributed by atoms with E-state index in [0.717, 1.165) is 18.0 Å². The van der Waals surface area contributed by atoms with E-state index in [1.807, 2.05) is 6.92 Å². The number of hydrogen-bond acceptors (Lipinski definition) is 3. The molecule has 80 valence electrons. The fraction of sp³-hybridized carbons (Fsp3) is 0.455. The number of nitrogens with zero attached hydrogens (tertiary/aromatic N) is 1. The van der Waals surface area contributed by atoms with Crippen LogP contribution >= 0.6 is 11.3 Å². The molecular weight excluding hydrogens is 208 g/mol. The summed E-state index contributed by atoms with van der Waals surface area (Å²) in [4.78, 5) is 17.1. The van der Waals surface area contributed by atoms with Crippen molar-refractivity contribution in [2.75, 3.05) is 5.32 Å². The molecule has 15 heavy (non-hydrogen) atoms. The van der Waals surface area contributed by atoms with Crippen molar-refractivity contribution >= 4 is 22.4 Å². The van der Waals surface area contributed by atoms with Crippen molar-refractivity contribution in [2.24, 2.45) is 0 Å². The molecule has 0 unspecified atom stereocenters. The number of nitrogens with one attached hydrogen (secondary N) is 1. The Morgan fingerprint density at radius 1 is 1.47 bits per heavy atom. The Kier molecular flexibility index (Phi) is 3.16. The lowest BCUT2D eigenvalue weighted by Crippen LogP contribution is -2.07. The molecule has 1 aliphatic carbocycles. The van der Waals surface area contributed by atoms with Crippen LogP contribution in [0.15, 0.2) is 12.2 Å². The van der Waals surface area contributed by atoms with Crippen LogP contribution in [0, 0.1) is 0 Å². The summed E-state index contributed by atoms with van der Waals surface area (Å²) in [5.74, 6) is -0.0939. The summed E-state index contributed by atoms with van der Waals surface area (Å²) in [7, 11) is 0. The van der Waals surface area contributed by atoms with Crippen LogP contribution in [0.2, 0.25) is 0 Å². The number of hydrogen-bond donors (Lipinski definition) is 1. The molecule has 3 nitrogen and oxygen atoms in total. The first-order valence-corrected chi connectivity index (χ1v) is 6.03. The minimum Gasteiger partial charge on any atom is -0.298 e. The average molecular weight is 222 g/mol. The first-order chi connectivity index (χ1) is 7.29. The number of aromatic nitrogens is 1. The second-order valence-electron chi connectivity index (χ2n) is 3.59. The topological polar surface area (TPSA) is 42.0 Å². The van der Waals surface area contributed by atoms with Gasteiger partial charge in [0, 0.05) is 4.88 Å². The predicted octanol–water partition coefficient (Wildman–Crippen LogP) is 2.54. The molecule has 0 saturated heterocycles. The molecule has 0 atom stereocenters. The summed E-state index contributed by atoms with van der Waals surface area (Å²) in [5, 5.41) is 3.52. The van der Waals surface area contributed by atoms with E-state index in [9.17, 15) is 4.79 Å². The highest BCUT2D eigenvalue weighted by Crippen LogP contribution is 2.29. The second-order valence-corrected chi connectivity index (χ2v) is 4.67. The highest BCUT2D eigenvalue weighted by Gasteiger charge is 2.15. The Labute approximate surface area is 93.2 Å². The van der Waals surface area contributed by atoms with Crippen molar-refractivity contribution in [1.82, 2.24) is 4.98 Å². The van der Waals surface area contributed by atoms with Crippen molar-refractivity contribution < 1.29 is 4.79 Å². The van der Waals surface area contributed by atoms with Crippen LogP contribution < -0.4 is 5.32 Å². The van der Waals surface area contributed by atoms with E-state index < -0.39 is 0 Å². The molecule has 1 N–H and O–H groups in total. The summed E-state index contributed by atoms with van der Waals surface area (Å²) < 4.78 is 0. The normalized spacial score (nSPS) is 15.3. The Balaban J connectivity index is 2.09. The lowest BCUT2D eigenvalue weighted by molar-refractivity contribution is -0.111. The van der Waals surface area contributed by atoms with Gasteiger partial charge in [-0.25, -0.2) is 4.98 Å².